The van der Waals surface area contributed by atoms with Crippen molar-refractivity contribution >= 4 is 23.1 Å². The molecule has 0 aliphatic carbocycles. The summed E-state index contributed by atoms with van der Waals surface area (Å²) in [7, 11) is 0. The Bertz CT molecular complexity index is 349. The lowest BCUT2D eigenvalue weighted by atomic mass is 10.1. The molecule has 5 heteroatoms. The van der Waals surface area contributed by atoms with Gasteiger partial charge in [-0.15, -0.1) is 0 Å². The van der Waals surface area contributed by atoms with E-state index in [4.69, 9.17) is 22.4 Å². The maximum absolute atomic E-state index is 11.6. The summed E-state index contributed by atoms with van der Waals surface area (Å²) in [6.45, 7) is 2.42. The summed E-state index contributed by atoms with van der Waals surface area (Å²) in [5.74, 6) is 0.372. The summed E-state index contributed by atoms with van der Waals surface area (Å²) in [6.07, 6.45) is 2.91. The van der Waals surface area contributed by atoms with Gasteiger partial charge in [-0.25, -0.2) is 0 Å². The van der Waals surface area contributed by atoms with Crippen molar-refractivity contribution in [2.75, 3.05) is 6.54 Å². The highest BCUT2D eigenvalue weighted by atomic mass is 32.1. The van der Waals surface area contributed by atoms with Gasteiger partial charge >= 0.3 is 0 Å². The van der Waals surface area contributed by atoms with E-state index in [0.717, 1.165) is 5.76 Å². The van der Waals surface area contributed by atoms with Crippen molar-refractivity contribution in [1.82, 2.24) is 5.32 Å². The molecule has 1 atom stereocenters. The molecule has 0 spiro atoms. The predicted octanol–water partition coefficient (Wildman–Crippen LogP) is 1.25. The third-order valence-electron chi connectivity index (χ3n) is 2.32. The second kappa shape index (κ2) is 6.27. The number of carbonyl (C=O) groups is 1. The summed E-state index contributed by atoms with van der Waals surface area (Å²) >= 11 is 4.82. The van der Waals surface area contributed by atoms with Gasteiger partial charge in [0.15, 0.2) is 0 Å². The third-order valence-corrected chi connectivity index (χ3v) is 2.60. The van der Waals surface area contributed by atoms with E-state index < -0.39 is 0 Å². The average molecular weight is 240 g/mol. The van der Waals surface area contributed by atoms with E-state index in [1.165, 1.54) is 0 Å². The van der Waals surface area contributed by atoms with Crippen LogP contribution in [0.25, 0.3) is 0 Å². The standard InChI is InChI=1S/C11H16N2O2S/c1-2-9(10(12)16)11(14)13-6-5-8-4-3-7-15-8/h3-4,7,9H,2,5-6H2,1H3,(H2,12,16)(H,13,14). The first kappa shape index (κ1) is 12.7. The smallest absolute Gasteiger partial charge is 0.229 e. The zero-order valence-corrected chi connectivity index (χ0v) is 10.0. The van der Waals surface area contributed by atoms with E-state index >= 15 is 0 Å². The van der Waals surface area contributed by atoms with Gasteiger partial charge in [0.25, 0.3) is 0 Å². The van der Waals surface area contributed by atoms with Gasteiger partial charge in [0, 0.05) is 13.0 Å². The number of hydrogen-bond acceptors (Lipinski definition) is 3. The van der Waals surface area contributed by atoms with Crippen molar-refractivity contribution in [3.8, 4) is 0 Å². The van der Waals surface area contributed by atoms with Crippen molar-refractivity contribution in [2.24, 2.45) is 11.7 Å². The van der Waals surface area contributed by atoms with E-state index in [-0.39, 0.29) is 16.8 Å². The fourth-order valence-corrected chi connectivity index (χ4v) is 1.68. The van der Waals surface area contributed by atoms with Gasteiger partial charge in [0.1, 0.15) is 5.76 Å². The molecule has 3 N–H and O–H groups in total. The first-order chi connectivity index (χ1) is 7.65. The van der Waals surface area contributed by atoms with Crippen LogP contribution in [0.2, 0.25) is 0 Å². The highest BCUT2D eigenvalue weighted by Gasteiger charge is 2.18. The summed E-state index contributed by atoms with van der Waals surface area (Å²) < 4.78 is 5.15. The van der Waals surface area contributed by atoms with E-state index in [1.54, 1.807) is 6.26 Å². The third kappa shape index (κ3) is 3.66. The van der Waals surface area contributed by atoms with Gasteiger partial charge in [-0.3, -0.25) is 4.79 Å². The van der Waals surface area contributed by atoms with Gasteiger partial charge in [-0.1, -0.05) is 19.1 Å². The average Bonchev–Trinajstić information content (AvgIpc) is 2.71. The molecule has 0 aromatic carbocycles. The summed E-state index contributed by atoms with van der Waals surface area (Å²) in [6, 6.07) is 3.69. The topological polar surface area (TPSA) is 68.3 Å². The van der Waals surface area contributed by atoms with Crippen molar-refractivity contribution in [3.05, 3.63) is 24.2 Å². The number of amides is 1. The molecule has 0 fully saturated rings. The summed E-state index contributed by atoms with van der Waals surface area (Å²) in [4.78, 5) is 11.9. The van der Waals surface area contributed by atoms with Gasteiger partial charge in [0.2, 0.25) is 5.91 Å². The molecule has 1 unspecified atom stereocenters. The van der Waals surface area contributed by atoms with Crippen LogP contribution in [-0.2, 0) is 11.2 Å². The Morgan fingerprint density at radius 2 is 2.44 bits per heavy atom. The lowest BCUT2D eigenvalue weighted by molar-refractivity contribution is -0.123. The van der Waals surface area contributed by atoms with Crippen LogP contribution in [0.3, 0.4) is 0 Å². The maximum Gasteiger partial charge on any atom is 0.229 e. The minimum absolute atomic E-state index is 0.110. The molecule has 4 nitrogen and oxygen atoms in total. The SMILES string of the molecule is CCC(C(=O)NCCc1ccco1)C(N)=S. The van der Waals surface area contributed by atoms with Gasteiger partial charge in [0.05, 0.1) is 17.2 Å². The Kier molecular flexibility index (Phi) is 4.98. The Labute approximate surface area is 100 Å². The normalized spacial score (nSPS) is 12.1. The monoisotopic (exact) mass is 240 g/mol. The molecular formula is C11H16N2O2S. The Morgan fingerprint density at radius 3 is 2.94 bits per heavy atom. The molecule has 0 aliphatic heterocycles. The number of carbonyl (C=O) groups excluding carboxylic acids is 1. The fourth-order valence-electron chi connectivity index (χ4n) is 1.40. The molecule has 16 heavy (non-hydrogen) atoms. The maximum atomic E-state index is 11.6. The second-order valence-electron chi connectivity index (χ2n) is 3.48. The quantitative estimate of drug-likeness (QED) is 0.734. The number of hydrogen-bond donors (Lipinski definition) is 2. The van der Waals surface area contributed by atoms with Gasteiger partial charge in [-0.05, 0) is 18.6 Å². The molecule has 1 amide bonds. The zero-order valence-electron chi connectivity index (χ0n) is 9.23. The van der Waals surface area contributed by atoms with Crippen molar-refractivity contribution in [2.45, 2.75) is 19.8 Å². The minimum atomic E-state index is -0.369. The first-order valence-corrected chi connectivity index (χ1v) is 5.65. The predicted molar refractivity (Wildman–Crippen MR) is 66.0 cm³/mol. The lowest BCUT2D eigenvalue weighted by Crippen LogP contribution is -2.38. The Hall–Kier alpha value is -1.36. The van der Waals surface area contributed by atoms with Crippen LogP contribution in [0.1, 0.15) is 19.1 Å². The largest absolute Gasteiger partial charge is 0.469 e. The van der Waals surface area contributed by atoms with Gasteiger partial charge in [-0.2, -0.15) is 0 Å². The highest BCUT2D eigenvalue weighted by Crippen LogP contribution is 2.03. The lowest BCUT2D eigenvalue weighted by Gasteiger charge is -2.12. The highest BCUT2D eigenvalue weighted by molar-refractivity contribution is 7.80. The van der Waals surface area contributed by atoms with Crippen LogP contribution in [0.4, 0.5) is 0 Å². The molecule has 0 saturated heterocycles. The van der Waals surface area contributed by atoms with E-state index in [0.29, 0.717) is 19.4 Å². The van der Waals surface area contributed by atoms with Crippen LogP contribution in [0.15, 0.2) is 22.8 Å². The molecule has 0 saturated carbocycles. The van der Waals surface area contributed by atoms with Crippen LogP contribution in [0, 0.1) is 5.92 Å². The molecule has 0 radical (unpaired) electrons. The number of nitrogens with two attached hydrogens (primary N) is 1. The van der Waals surface area contributed by atoms with Crippen LogP contribution < -0.4 is 11.1 Å². The van der Waals surface area contributed by atoms with E-state index in [9.17, 15) is 4.79 Å². The molecular weight excluding hydrogens is 224 g/mol. The van der Waals surface area contributed by atoms with Crippen molar-refractivity contribution in [1.29, 1.82) is 0 Å². The fraction of sp³-hybridized carbons (Fsp3) is 0.455. The number of thiocarbonyl (C=S) groups is 1. The van der Waals surface area contributed by atoms with Crippen LogP contribution in [-0.4, -0.2) is 17.4 Å². The molecule has 0 aliphatic rings. The summed E-state index contributed by atoms with van der Waals surface area (Å²) in [5, 5.41) is 2.79. The molecule has 88 valence electrons. The van der Waals surface area contributed by atoms with Crippen LogP contribution in [0.5, 0.6) is 0 Å². The number of furan rings is 1. The van der Waals surface area contributed by atoms with E-state index in [1.807, 2.05) is 19.1 Å². The number of nitrogens with one attached hydrogen (secondary N) is 1. The van der Waals surface area contributed by atoms with Crippen molar-refractivity contribution in [3.63, 3.8) is 0 Å². The minimum Gasteiger partial charge on any atom is -0.469 e. The second-order valence-corrected chi connectivity index (χ2v) is 3.95. The van der Waals surface area contributed by atoms with Crippen molar-refractivity contribution < 1.29 is 9.21 Å². The molecule has 1 aromatic heterocycles. The van der Waals surface area contributed by atoms with Crippen LogP contribution >= 0.6 is 12.2 Å². The Balaban J connectivity index is 2.32. The molecule has 1 aromatic rings. The first-order valence-electron chi connectivity index (χ1n) is 5.24. The van der Waals surface area contributed by atoms with E-state index in [2.05, 4.69) is 5.32 Å². The molecule has 1 rings (SSSR count). The molecule has 0 bridgehead atoms. The zero-order chi connectivity index (χ0) is 12.0. The van der Waals surface area contributed by atoms with Gasteiger partial charge < -0.3 is 15.5 Å². The number of rotatable bonds is 6. The summed E-state index contributed by atoms with van der Waals surface area (Å²) in [5.41, 5.74) is 5.47. The Morgan fingerprint density at radius 1 is 1.69 bits per heavy atom. The molecule has 1 heterocycles.